The molecule has 178 valence electrons. The Morgan fingerprint density at radius 1 is 0.971 bits per heavy atom. The van der Waals surface area contributed by atoms with Crippen LogP contribution in [-0.2, 0) is 27.6 Å². The van der Waals surface area contributed by atoms with Gasteiger partial charge in [-0.3, -0.25) is 4.79 Å². The van der Waals surface area contributed by atoms with Crippen LogP contribution < -0.4 is 14.8 Å². The van der Waals surface area contributed by atoms with Crippen molar-refractivity contribution in [3.8, 4) is 22.9 Å². The standard InChI is InChI=1S/C24H26N4O5S/c29-23(11-15-34(30,31)19-9-10-20-21(16-19)33-14-13-32-20)25-18-7-5-17(6-8-18)24-27-26-22-4-2-1-3-12-28(22)24/h5-10,16H,1-4,11-15H2,(H,25,29). The van der Waals surface area contributed by atoms with Crippen molar-refractivity contribution in [3.05, 3.63) is 48.3 Å². The van der Waals surface area contributed by atoms with Crippen LogP contribution in [0, 0.1) is 0 Å². The van der Waals surface area contributed by atoms with Gasteiger partial charge in [-0.25, -0.2) is 8.42 Å². The summed E-state index contributed by atoms with van der Waals surface area (Å²) in [5.74, 6) is 2.10. The van der Waals surface area contributed by atoms with E-state index in [0.29, 0.717) is 30.4 Å². The zero-order valence-corrected chi connectivity index (χ0v) is 19.5. The number of nitrogens with zero attached hydrogens (tertiary/aromatic N) is 3. The highest BCUT2D eigenvalue weighted by Gasteiger charge is 2.21. The van der Waals surface area contributed by atoms with Gasteiger partial charge in [0.05, 0.1) is 10.6 Å². The molecule has 0 unspecified atom stereocenters. The van der Waals surface area contributed by atoms with Crippen molar-refractivity contribution >= 4 is 21.4 Å². The van der Waals surface area contributed by atoms with Gasteiger partial charge in [0.2, 0.25) is 5.91 Å². The maximum atomic E-state index is 12.7. The molecule has 9 nitrogen and oxygen atoms in total. The van der Waals surface area contributed by atoms with Gasteiger partial charge in [0.25, 0.3) is 0 Å². The highest BCUT2D eigenvalue weighted by Crippen LogP contribution is 2.32. The fourth-order valence-electron chi connectivity index (χ4n) is 4.19. The van der Waals surface area contributed by atoms with Gasteiger partial charge in [-0.1, -0.05) is 6.42 Å². The first-order valence-electron chi connectivity index (χ1n) is 11.4. The first-order valence-corrected chi connectivity index (χ1v) is 13.1. The molecule has 0 atom stereocenters. The summed E-state index contributed by atoms with van der Waals surface area (Å²) in [4.78, 5) is 12.5. The molecule has 3 aromatic rings. The maximum absolute atomic E-state index is 12.7. The average molecular weight is 483 g/mol. The Morgan fingerprint density at radius 2 is 1.76 bits per heavy atom. The monoisotopic (exact) mass is 482 g/mol. The number of amides is 1. The highest BCUT2D eigenvalue weighted by molar-refractivity contribution is 7.91. The lowest BCUT2D eigenvalue weighted by Gasteiger charge is -2.18. The number of carbonyl (C=O) groups excluding carboxylic acids is 1. The van der Waals surface area contributed by atoms with E-state index in [1.807, 2.05) is 12.1 Å². The summed E-state index contributed by atoms with van der Waals surface area (Å²) in [6.45, 7) is 1.71. The van der Waals surface area contributed by atoms with E-state index < -0.39 is 9.84 Å². The summed E-state index contributed by atoms with van der Waals surface area (Å²) in [5.41, 5.74) is 1.53. The predicted molar refractivity (Wildman–Crippen MR) is 126 cm³/mol. The lowest BCUT2D eigenvalue weighted by Crippen LogP contribution is -2.18. The maximum Gasteiger partial charge on any atom is 0.225 e. The number of anilines is 1. The molecular formula is C24H26N4O5S. The first-order chi connectivity index (χ1) is 16.5. The van der Waals surface area contributed by atoms with E-state index in [4.69, 9.17) is 9.47 Å². The summed E-state index contributed by atoms with van der Waals surface area (Å²) in [5, 5.41) is 11.5. The Bertz CT molecular complexity index is 1300. The molecule has 1 aromatic heterocycles. The molecule has 0 fully saturated rings. The van der Waals surface area contributed by atoms with Crippen LogP contribution in [0.15, 0.2) is 47.4 Å². The minimum Gasteiger partial charge on any atom is -0.486 e. The number of benzene rings is 2. The van der Waals surface area contributed by atoms with E-state index in [1.54, 1.807) is 18.2 Å². The topological polar surface area (TPSA) is 112 Å². The number of sulfone groups is 1. The first kappa shape index (κ1) is 22.4. The molecule has 34 heavy (non-hydrogen) atoms. The van der Waals surface area contributed by atoms with E-state index in [1.165, 1.54) is 18.6 Å². The number of ether oxygens (including phenoxy) is 2. The average Bonchev–Trinajstić information content (AvgIpc) is 3.11. The van der Waals surface area contributed by atoms with Gasteiger partial charge in [-0.2, -0.15) is 0 Å². The van der Waals surface area contributed by atoms with Gasteiger partial charge in [0.15, 0.2) is 27.2 Å². The number of carbonyl (C=O) groups is 1. The molecule has 2 aromatic carbocycles. The van der Waals surface area contributed by atoms with Gasteiger partial charge >= 0.3 is 0 Å². The largest absolute Gasteiger partial charge is 0.486 e. The molecule has 0 saturated carbocycles. The smallest absolute Gasteiger partial charge is 0.225 e. The Hall–Kier alpha value is -3.40. The van der Waals surface area contributed by atoms with Crippen LogP contribution in [0.3, 0.4) is 0 Å². The van der Waals surface area contributed by atoms with Crippen molar-refractivity contribution < 1.29 is 22.7 Å². The summed E-state index contributed by atoms with van der Waals surface area (Å²) in [6, 6.07) is 11.9. The van der Waals surface area contributed by atoms with Gasteiger partial charge in [0.1, 0.15) is 19.0 Å². The lowest BCUT2D eigenvalue weighted by atomic mass is 10.2. The predicted octanol–water partition coefficient (Wildman–Crippen LogP) is 3.25. The van der Waals surface area contributed by atoms with Crippen LogP contribution >= 0.6 is 0 Å². The molecule has 2 aliphatic rings. The summed E-state index contributed by atoms with van der Waals surface area (Å²) in [6.07, 6.45) is 4.22. The van der Waals surface area contributed by atoms with E-state index in [-0.39, 0.29) is 23.0 Å². The fourth-order valence-corrected chi connectivity index (χ4v) is 5.44. The second-order valence-corrected chi connectivity index (χ2v) is 10.5. The van der Waals surface area contributed by atoms with E-state index >= 15 is 0 Å². The van der Waals surface area contributed by atoms with Crippen molar-refractivity contribution in [2.45, 2.75) is 43.5 Å². The van der Waals surface area contributed by atoms with Crippen molar-refractivity contribution in [1.29, 1.82) is 0 Å². The van der Waals surface area contributed by atoms with E-state index in [0.717, 1.165) is 43.0 Å². The van der Waals surface area contributed by atoms with Crippen LogP contribution in [-0.4, -0.2) is 48.1 Å². The number of aromatic nitrogens is 3. The molecule has 2 aliphatic heterocycles. The molecule has 1 amide bonds. The quantitative estimate of drug-likeness (QED) is 0.574. The SMILES string of the molecule is O=C(CCS(=O)(=O)c1ccc2c(c1)OCCO2)Nc1ccc(-c2nnc3n2CCCCC3)cc1. The Kier molecular flexibility index (Phi) is 6.23. The molecule has 0 radical (unpaired) electrons. The minimum atomic E-state index is -3.64. The third kappa shape index (κ3) is 4.77. The van der Waals surface area contributed by atoms with Gasteiger partial charge in [0, 0.05) is 36.7 Å². The zero-order chi connectivity index (χ0) is 23.5. The van der Waals surface area contributed by atoms with Crippen LogP contribution in [0.25, 0.3) is 11.4 Å². The summed E-state index contributed by atoms with van der Waals surface area (Å²) in [7, 11) is -3.64. The molecule has 1 N–H and O–H groups in total. The molecule has 0 saturated heterocycles. The van der Waals surface area contributed by atoms with Crippen molar-refractivity contribution in [2.75, 3.05) is 24.3 Å². The van der Waals surface area contributed by atoms with E-state index in [2.05, 4.69) is 20.1 Å². The van der Waals surface area contributed by atoms with Crippen molar-refractivity contribution in [2.24, 2.45) is 0 Å². The molecule has 10 heteroatoms. The van der Waals surface area contributed by atoms with E-state index in [9.17, 15) is 13.2 Å². The van der Waals surface area contributed by atoms with Crippen LogP contribution in [0.5, 0.6) is 11.5 Å². The second-order valence-electron chi connectivity index (χ2n) is 8.40. The number of nitrogens with one attached hydrogen (secondary N) is 1. The fraction of sp³-hybridized carbons (Fsp3) is 0.375. The molecule has 0 spiro atoms. The Morgan fingerprint density at radius 3 is 2.59 bits per heavy atom. The summed E-state index contributed by atoms with van der Waals surface area (Å²) >= 11 is 0. The molecule has 5 rings (SSSR count). The number of aryl methyl sites for hydroxylation is 1. The van der Waals surface area contributed by atoms with Gasteiger partial charge in [-0.15, -0.1) is 10.2 Å². The minimum absolute atomic E-state index is 0.112. The molecule has 3 heterocycles. The molecule has 0 bridgehead atoms. The van der Waals surface area contributed by atoms with Crippen LogP contribution in [0.1, 0.15) is 31.5 Å². The lowest BCUT2D eigenvalue weighted by molar-refractivity contribution is -0.115. The zero-order valence-electron chi connectivity index (χ0n) is 18.7. The number of fused-ring (bicyclic) bond motifs is 2. The van der Waals surface area contributed by atoms with Gasteiger partial charge < -0.3 is 19.4 Å². The van der Waals surface area contributed by atoms with Gasteiger partial charge in [-0.05, 0) is 49.2 Å². The van der Waals surface area contributed by atoms with Crippen LogP contribution in [0.2, 0.25) is 0 Å². The number of hydrogen-bond donors (Lipinski definition) is 1. The molecule has 0 aliphatic carbocycles. The molecular weight excluding hydrogens is 456 g/mol. The number of hydrogen-bond acceptors (Lipinski definition) is 7. The third-order valence-corrected chi connectivity index (χ3v) is 7.72. The van der Waals surface area contributed by atoms with Crippen LogP contribution in [0.4, 0.5) is 5.69 Å². The second kappa shape index (κ2) is 9.46. The normalized spacial score (nSPS) is 15.3. The van der Waals surface area contributed by atoms with Crippen molar-refractivity contribution in [1.82, 2.24) is 14.8 Å². The highest BCUT2D eigenvalue weighted by atomic mass is 32.2. The van der Waals surface area contributed by atoms with Crippen molar-refractivity contribution in [3.63, 3.8) is 0 Å². The third-order valence-electron chi connectivity index (χ3n) is 6.01. The number of rotatable bonds is 6. The Labute approximate surface area is 198 Å². The Balaban J connectivity index is 1.20. The summed E-state index contributed by atoms with van der Waals surface area (Å²) < 4.78 is 38.5.